The lowest BCUT2D eigenvalue weighted by Crippen LogP contribution is -1.96. The summed E-state index contributed by atoms with van der Waals surface area (Å²) in [7, 11) is 0. The zero-order chi connectivity index (χ0) is 9.68. The maximum absolute atomic E-state index is 5.74. The Morgan fingerprint density at radius 3 is 2.92 bits per heavy atom. The summed E-state index contributed by atoms with van der Waals surface area (Å²) in [5, 5.41) is 0.405. The van der Waals surface area contributed by atoms with Crippen molar-refractivity contribution in [2.45, 2.75) is 6.61 Å². The third kappa shape index (κ3) is 3.19. The molecule has 0 amide bonds. The van der Waals surface area contributed by atoms with E-state index in [1.54, 1.807) is 0 Å². The molecule has 0 aromatic carbocycles. The summed E-state index contributed by atoms with van der Waals surface area (Å²) in [6.45, 7) is 0.527. The Hall–Kier alpha value is -0.820. The van der Waals surface area contributed by atoms with Crippen LogP contribution in [0.3, 0.4) is 0 Å². The molecule has 0 aliphatic heterocycles. The van der Waals surface area contributed by atoms with E-state index in [4.69, 9.17) is 34.4 Å². The van der Waals surface area contributed by atoms with Crippen LogP contribution in [0.1, 0.15) is 5.56 Å². The largest absolute Gasteiger partial charge is 0.364 e. The van der Waals surface area contributed by atoms with Crippen LogP contribution >= 0.6 is 23.2 Å². The van der Waals surface area contributed by atoms with E-state index in [2.05, 4.69) is 15.9 Å². The molecule has 0 saturated carbocycles. The highest BCUT2D eigenvalue weighted by Crippen LogP contribution is 2.14. The number of aromatic nitrogens is 2. The van der Waals surface area contributed by atoms with Crippen molar-refractivity contribution in [1.82, 2.24) is 9.97 Å². The van der Waals surface area contributed by atoms with Gasteiger partial charge in [0.05, 0.1) is 6.61 Å². The lowest BCUT2D eigenvalue weighted by Gasteiger charge is -2.01. The van der Waals surface area contributed by atoms with Crippen LogP contribution in [0.4, 0.5) is 0 Å². The maximum atomic E-state index is 5.74. The van der Waals surface area contributed by atoms with E-state index >= 15 is 0 Å². The molecule has 0 aliphatic rings. The quantitative estimate of drug-likeness (QED) is 0.336. The van der Waals surface area contributed by atoms with Gasteiger partial charge in [-0.1, -0.05) is 17.5 Å². The number of halogens is 2. The van der Waals surface area contributed by atoms with Crippen LogP contribution in [0.15, 0.2) is 6.20 Å². The molecule has 0 radical (unpaired) electrons. The van der Waals surface area contributed by atoms with Crippen molar-refractivity contribution in [2.75, 3.05) is 6.61 Å². The molecule has 0 saturated heterocycles. The van der Waals surface area contributed by atoms with Gasteiger partial charge in [-0.25, -0.2) is 9.97 Å². The summed E-state index contributed by atoms with van der Waals surface area (Å²) < 4.78 is 5.05. The zero-order valence-corrected chi connectivity index (χ0v) is 8.14. The van der Waals surface area contributed by atoms with Crippen molar-refractivity contribution in [3.63, 3.8) is 0 Å². The summed E-state index contributed by atoms with van der Waals surface area (Å²) in [4.78, 5) is 7.50. The average Bonchev–Trinajstić information content (AvgIpc) is 2.09. The molecule has 5 heteroatoms. The molecular formula is C8H6Cl2N2O. The number of nitrogens with zero attached hydrogens (tertiary/aromatic N) is 2. The molecule has 0 fully saturated rings. The Labute approximate surface area is 86.0 Å². The zero-order valence-electron chi connectivity index (χ0n) is 6.63. The minimum atomic E-state index is 0.116. The Bertz CT molecular complexity index is 335. The third-order valence-corrected chi connectivity index (χ3v) is 1.73. The second-order valence-electron chi connectivity index (χ2n) is 2.15. The molecule has 0 N–H and O–H groups in total. The first kappa shape index (κ1) is 10.3. The minimum absolute atomic E-state index is 0.116. The molecule has 3 nitrogen and oxygen atoms in total. The number of hydrogen-bond acceptors (Lipinski definition) is 3. The average molecular weight is 217 g/mol. The van der Waals surface area contributed by atoms with Crippen LogP contribution in [0.2, 0.25) is 10.4 Å². The highest BCUT2D eigenvalue weighted by molar-refractivity contribution is 6.32. The second kappa shape index (κ2) is 5.03. The number of rotatable bonds is 3. The fraction of sp³-hybridized carbons (Fsp3) is 0.250. The van der Waals surface area contributed by atoms with Gasteiger partial charge in [0.2, 0.25) is 5.28 Å². The molecule has 13 heavy (non-hydrogen) atoms. The molecular weight excluding hydrogens is 211 g/mol. The molecule has 68 valence electrons. The van der Waals surface area contributed by atoms with Gasteiger partial charge in [-0.05, 0) is 11.6 Å². The molecule has 1 aromatic heterocycles. The fourth-order valence-electron chi connectivity index (χ4n) is 0.683. The fourth-order valence-corrected chi connectivity index (χ4v) is 1.04. The minimum Gasteiger partial charge on any atom is -0.364 e. The predicted octanol–water partition coefficient (Wildman–Crippen LogP) is 1.93. The summed E-state index contributed by atoms with van der Waals surface area (Å²) in [6.07, 6.45) is 6.50. The van der Waals surface area contributed by atoms with Crippen LogP contribution in [-0.2, 0) is 11.3 Å². The van der Waals surface area contributed by atoms with Crippen LogP contribution in [0.5, 0.6) is 0 Å². The lowest BCUT2D eigenvalue weighted by atomic mass is 10.4. The molecule has 0 unspecified atom stereocenters. The van der Waals surface area contributed by atoms with Crippen LogP contribution in [-0.4, -0.2) is 16.6 Å². The smallest absolute Gasteiger partial charge is 0.223 e. The first-order chi connectivity index (χ1) is 6.24. The van der Waals surface area contributed by atoms with Gasteiger partial charge < -0.3 is 4.74 Å². The van der Waals surface area contributed by atoms with Gasteiger partial charge in [0, 0.05) is 11.8 Å². The Morgan fingerprint density at radius 1 is 1.54 bits per heavy atom. The van der Waals surface area contributed by atoms with Crippen LogP contribution in [0, 0.1) is 12.3 Å². The second-order valence-corrected chi connectivity index (χ2v) is 2.85. The monoisotopic (exact) mass is 216 g/mol. The molecule has 0 atom stereocenters. The van der Waals surface area contributed by atoms with Gasteiger partial charge in [0.25, 0.3) is 0 Å². The SMILES string of the molecule is C#CCOCc1cnc(Cl)nc1Cl. The Morgan fingerprint density at radius 2 is 2.31 bits per heavy atom. The van der Waals surface area contributed by atoms with Gasteiger partial charge in [0.1, 0.15) is 11.8 Å². The summed E-state index contributed by atoms with van der Waals surface area (Å²) in [5.74, 6) is 2.34. The molecule has 0 bridgehead atoms. The summed E-state index contributed by atoms with van der Waals surface area (Å²) in [5.41, 5.74) is 0.668. The van der Waals surface area contributed by atoms with Crippen molar-refractivity contribution >= 4 is 23.2 Å². The molecule has 1 heterocycles. The normalized spacial score (nSPS) is 9.62. The van der Waals surface area contributed by atoms with Crippen molar-refractivity contribution in [2.24, 2.45) is 0 Å². The highest BCUT2D eigenvalue weighted by Gasteiger charge is 2.02. The van der Waals surface area contributed by atoms with Crippen molar-refractivity contribution in [3.8, 4) is 12.3 Å². The topological polar surface area (TPSA) is 35.0 Å². The van der Waals surface area contributed by atoms with Gasteiger partial charge in [0.15, 0.2) is 0 Å². The first-order valence-corrected chi connectivity index (χ1v) is 4.17. The summed E-state index contributed by atoms with van der Waals surface area (Å²) >= 11 is 11.2. The lowest BCUT2D eigenvalue weighted by molar-refractivity contribution is 0.153. The van der Waals surface area contributed by atoms with Gasteiger partial charge >= 0.3 is 0 Å². The van der Waals surface area contributed by atoms with Gasteiger partial charge in [-0.15, -0.1) is 6.42 Å². The highest BCUT2D eigenvalue weighted by atomic mass is 35.5. The van der Waals surface area contributed by atoms with E-state index in [1.165, 1.54) is 6.20 Å². The maximum Gasteiger partial charge on any atom is 0.223 e. The van der Waals surface area contributed by atoms with E-state index in [0.29, 0.717) is 12.2 Å². The molecule has 0 aliphatic carbocycles. The summed E-state index contributed by atoms with van der Waals surface area (Å²) in [6, 6.07) is 0. The van der Waals surface area contributed by atoms with Crippen molar-refractivity contribution in [3.05, 3.63) is 22.2 Å². The van der Waals surface area contributed by atoms with E-state index in [0.717, 1.165) is 0 Å². The van der Waals surface area contributed by atoms with Gasteiger partial charge in [-0.2, -0.15) is 0 Å². The van der Waals surface area contributed by atoms with Crippen molar-refractivity contribution < 1.29 is 4.74 Å². The molecule has 1 rings (SSSR count). The Kier molecular flexibility index (Phi) is 3.97. The number of ether oxygens (including phenoxy) is 1. The van der Waals surface area contributed by atoms with E-state index in [-0.39, 0.29) is 17.0 Å². The van der Waals surface area contributed by atoms with E-state index in [1.807, 2.05) is 0 Å². The van der Waals surface area contributed by atoms with E-state index < -0.39 is 0 Å². The Balaban J connectivity index is 2.62. The van der Waals surface area contributed by atoms with Crippen LogP contribution in [0.25, 0.3) is 0 Å². The molecule has 0 spiro atoms. The third-order valence-electron chi connectivity index (χ3n) is 1.23. The number of hydrogen-bond donors (Lipinski definition) is 0. The number of terminal acetylenes is 1. The van der Waals surface area contributed by atoms with Crippen LogP contribution < -0.4 is 0 Å². The van der Waals surface area contributed by atoms with Crippen molar-refractivity contribution in [1.29, 1.82) is 0 Å². The van der Waals surface area contributed by atoms with Gasteiger partial charge in [-0.3, -0.25) is 0 Å². The first-order valence-electron chi connectivity index (χ1n) is 3.42. The standard InChI is InChI=1S/C8H6Cl2N2O/c1-2-3-13-5-6-4-11-8(10)12-7(6)9/h1,4H,3,5H2. The predicted molar refractivity (Wildman–Crippen MR) is 50.5 cm³/mol. The molecule has 1 aromatic rings. The van der Waals surface area contributed by atoms with E-state index in [9.17, 15) is 0 Å².